The quantitative estimate of drug-likeness (QED) is 0.697. The molecule has 0 heterocycles. The van der Waals surface area contributed by atoms with Crippen molar-refractivity contribution in [1.82, 2.24) is 10.6 Å². The maximum atomic E-state index is 11.4. The van der Waals surface area contributed by atoms with Crippen molar-refractivity contribution >= 4 is 6.03 Å². The van der Waals surface area contributed by atoms with Crippen molar-refractivity contribution in [2.75, 3.05) is 0 Å². The first-order valence-corrected chi connectivity index (χ1v) is 4.97. The molecule has 0 bridgehead atoms. The zero-order chi connectivity index (χ0) is 10.5. The molecule has 0 radical (unpaired) electrons. The number of amides is 2. The first kappa shape index (κ1) is 12.3. The highest BCUT2D eigenvalue weighted by molar-refractivity contribution is 5.74. The Morgan fingerprint density at radius 1 is 1.23 bits per heavy atom. The van der Waals surface area contributed by atoms with E-state index in [-0.39, 0.29) is 11.6 Å². The van der Waals surface area contributed by atoms with Crippen LogP contribution in [-0.2, 0) is 0 Å². The fraction of sp³-hybridized carbons (Fsp3) is 0.900. The molecule has 0 saturated carbocycles. The Balaban J connectivity index is 3.86. The predicted molar refractivity (Wildman–Crippen MR) is 55.8 cm³/mol. The van der Waals surface area contributed by atoms with Crippen LogP contribution in [0.25, 0.3) is 0 Å². The third-order valence-corrected chi connectivity index (χ3v) is 1.81. The molecular weight excluding hydrogens is 164 g/mol. The Labute approximate surface area is 81.3 Å². The fourth-order valence-electron chi connectivity index (χ4n) is 1.05. The Morgan fingerprint density at radius 3 is 2.00 bits per heavy atom. The van der Waals surface area contributed by atoms with E-state index >= 15 is 0 Å². The molecule has 0 fully saturated rings. The zero-order valence-corrected chi connectivity index (χ0v) is 9.40. The van der Waals surface area contributed by atoms with E-state index in [1.54, 1.807) is 0 Å². The Hall–Kier alpha value is -0.730. The van der Waals surface area contributed by atoms with Crippen LogP contribution in [0.4, 0.5) is 4.79 Å². The highest BCUT2D eigenvalue weighted by atomic mass is 16.2. The van der Waals surface area contributed by atoms with Gasteiger partial charge in [-0.3, -0.25) is 0 Å². The van der Waals surface area contributed by atoms with Crippen molar-refractivity contribution in [3.05, 3.63) is 0 Å². The molecule has 0 atom stereocenters. The molecule has 0 aromatic heterocycles. The Bertz CT molecular complexity index is 157. The van der Waals surface area contributed by atoms with Gasteiger partial charge in [0.2, 0.25) is 0 Å². The van der Waals surface area contributed by atoms with Crippen LogP contribution in [0, 0.1) is 0 Å². The van der Waals surface area contributed by atoms with E-state index in [0.29, 0.717) is 6.04 Å². The molecule has 0 saturated heterocycles. The second-order valence-electron chi connectivity index (χ2n) is 4.36. The third kappa shape index (κ3) is 6.43. The maximum Gasteiger partial charge on any atom is 0.315 e. The summed E-state index contributed by atoms with van der Waals surface area (Å²) in [6.45, 7) is 10.1. The first-order chi connectivity index (χ1) is 5.89. The van der Waals surface area contributed by atoms with Gasteiger partial charge in [-0.15, -0.1) is 0 Å². The molecule has 0 aromatic carbocycles. The average molecular weight is 186 g/mol. The van der Waals surface area contributed by atoms with E-state index in [0.717, 1.165) is 12.8 Å². The van der Waals surface area contributed by atoms with Crippen molar-refractivity contribution in [3.63, 3.8) is 0 Å². The Morgan fingerprint density at radius 2 is 1.69 bits per heavy atom. The van der Waals surface area contributed by atoms with E-state index in [1.807, 2.05) is 20.8 Å². The number of hydrogen-bond donors (Lipinski definition) is 2. The maximum absolute atomic E-state index is 11.4. The van der Waals surface area contributed by atoms with Gasteiger partial charge in [-0.1, -0.05) is 13.8 Å². The number of carbonyl (C=O) groups excluding carboxylic acids is 1. The molecule has 13 heavy (non-hydrogen) atoms. The lowest BCUT2D eigenvalue weighted by Gasteiger charge is -2.23. The fourth-order valence-corrected chi connectivity index (χ4v) is 1.05. The normalized spacial score (nSPS) is 11.5. The second-order valence-corrected chi connectivity index (χ2v) is 4.36. The van der Waals surface area contributed by atoms with Gasteiger partial charge in [0.25, 0.3) is 0 Å². The highest BCUT2D eigenvalue weighted by Gasteiger charge is 2.15. The van der Waals surface area contributed by atoms with Crippen LogP contribution in [0.15, 0.2) is 0 Å². The number of urea groups is 1. The van der Waals surface area contributed by atoms with Crippen molar-refractivity contribution in [3.8, 4) is 0 Å². The molecule has 0 aliphatic heterocycles. The molecule has 0 unspecified atom stereocenters. The molecule has 3 nitrogen and oxygen atoms in total. The highest BCUT2D eigenvalue weighted by Crippen LogP contribution is 2.00. The topological polar surface area (TPSA) is 41.1 Å². The Kier molecular flexibility index (Phi) is 4.81. The number of carbonyl (C=O) groups is 1. The SMILES string of the molecule is CCC(CC)NC(=O)NC(C)(C)C. The van der Waals surface area contributed by atoms with E-state index in [4.69, 9.17) is 0 Å². The van der Waals surface area contributed by atoms with Crippen molar-refractivity contribution in [1.29, 1.82) is 0 Å². The molecule has 0 aliphatic carbocycles. The minimum atomic E-state index is -0.157. The molecule has 78 valence electrons. The van der Waals surface area contributed by atoms with Gasteiger partial charge in [0.1, 0.15) is 0 Å². The summed E-state index contributed by atoms with van der Waals surface area (Å²) in [5.41, 5.74) is -0.157. The van der Waals surface area contributed by atoms with Crippen molar-refractivity contribution < 1.29 is 4.79 Å². The summed E-state index contributed by atoms with van der Waals surface area (Å²) in [5.74, 6) is 0. The summed E-state index contributed by atoms with van der Waals surface area (Å²) in [7, 11) is 0. The smallest absolute Gasteiger partial charge is 0.315 e. The van der Waals surface area contributed by atoms with E-state index < -0.39 is 0 Å². The second kappa shape index (κ2) is 5.10. The first-order valence-electron chi connectivity index (χ1n) is 4.97. The van der Waals surface area contributed by atoms with Gasteiger partial charge in [-0.25, -0.2) is 4.79 Å². The van der Waals surface area contributed by atoms with Gasteiger partial charge in [0, 0.05) is 11.6 Å². The molecule has 0 rings (SSSR count). The van der Waals surface area contributed by atoms with Crippen LogP contribution < -0.4 is 10.6 Å². The molecule has 0 aromatic rings. The van der Waals surface area contributed by atoms with Gasteiger partial charge in [-0.05, 0) is 33.6 Å². The summed E-state index contributed by atoms with van der Waals surface area (Å²) in [6.07, 6.45) is 1.96. The molecule has 2 amide bonds. The monoisotopic (exact) mass is 186 g/mol. The average Bonchev–Trinajstić information content (AvgIpc) is 1.96. The molecule has 2 N–H and O–H groups in total. The standard InChI is InChI=1S/C10H22N2O/c1-6-8(7-2)11-9(13)12-10(3,4)5/h8H,6-7H2,1-5H3,(H2,11,12,13). The third-order valence-electron chi connectivity index (χ3n) is 1.81. The van der Waals surface area contributed by atoms with E-state index in [9.17, 15) is 4.79 Å². The lowest BCUT2D eigenvalue weighted by atomic mass is 10.1. The summed E-state index contributed by atoms with van der Waals surface area (Å²) >= 11 is 0. The van der Waals surface area contributed by atoms with Crippen LogP contribution in [-0.4, -0.2) is 17.6 Å². The molecule has 0 spiro atoms. The van der Waals surface area contributed by atoms with E-state index in [2.05, 4.69) is 24.5 Å². The van der Waals surface area contributed by atoms with E-state index in [1.165, 1.54) is 0 Å². The molecular formula is C10H22N2O. The largest absolute Gasteiger partial charge is 0.335 e. The lowest BCUT2D eigenvalue weighted by Crippen LogP contribution is -2.49. The predicted octanol–water partition coefficient (Wildman–Crippen LogP) is 2.27. The lowest BCUT2D eigenvalue weighted by molar-refractivity contribution is 0.227. The van der Waals surface area contributed by atoms with Crippen LogP contribution in [0.2, 0.25) is 0 Å². The number of rotatable bonds is 3. The van der Waals surface area contributed by atoms with Gasteiger partial charge in [-0.2, -0.15) is 0 Å². The van der Waals surface area contributed by atoms with Crippen molar-refractivity contribution in [2.45, 2.75) is 59.0 Å². The minimum Gasteiger partial charge on any atom is -0.335 e. The van der Waals surface area contributed by atoms with Crippen LogP contribution >= 0.6 is 0 Å². The van der Waals surface area contributed by atoms with Crippen LogP contribution in [0.3, 0.4) is 0 Å². The van der Waals surface area contributed by atoms with Gasteiger partial charge >= 0.3 is 6.03 Å². The van der Waals surface area contributed by atoms with Gasteiger partial charge in [0.05, 0.1) is 0 Å². The van der Waals surface area contributed by atoms with Gasteiger partial charge in [0.15, 0.2) is 0 Å². The molecule has 3 heteroatoms. The molecule has 0 aliphatic rings. The summed E-state index contributed by atoms with van der Waals surface area (Å²) < 4.78 is 0. The summed E-state index contributed by atoms with van der Waals surface area (Å²) in [4.78, 5) is 11.4. The zero-order valence-electron chi connectivity index (χ0n) is 9.40. The van der Waals surface area contributed by atoms with Crippen LogP contribution in [0.5, 0.6) is 0 Å². The number of hydrogen-bond acceptors (Lipinski definition) is 1. The summed E-state index contributed by atoms with van der Waals surface area (Å²) in [5, 5.41) is 5.79. The summed E-state index contributed by atoms with van der Waals surface area (Å²) in [6, 6.07) is 0.226. The number of nitrogens with one attached hydrogen (secondary N) is 2. The van der Waals surface area contributed by atoms with Crippen molar-refractivity contribution in [2.24, 2.45) is 0 Å². The van der Waals surface area contributed by atoms with Crippen LogP contribution in [0.1, 0.15) is 47.5 Å². The minimum absolute atomic E-state index is 0.0683. The van der Waals surface area contributed by atoms with Gasteiger partial charge < -0.3 is 10.6 Å².